The largest absolute Gasteiger partial charge is 0.444 e. The third-order valence-electron chi connectivity index (χ3n) is 5.35. The fourth-order valence-corrected chi connectivity index (χ4v) is 3.72. The van der Waals surface area contributed by atoms with Crippen LogP contribution in [0, 0.1) is 0 Å². The second-order valence-electron chi connectivity index (χ2n) is 9.31. The van der Waals surface area contributed by atoms with Gasteiger partial charge in [-0.3, -0.25) is 0 Å². The molecule has 2 saturated heterocycles. The summed E-state index contributed by atoms with van der Waals surface area (Å²) in [5.74, 6) is 0. The van der Waals surface area contributed by atoms with E-state index in [0.717, 1.165) is 37.3 Å². The van der Waals surface area contributed by atoms with Crippen LogP contribution in [0.5, 0.6) is 0 Å². The van der Waals surface area contributed by atoms with Crippen molar-refractivity contribution in [1.82, 2.24) is 30.2 Å². The summed E-state index contributed by atoms with van der Waals surface area (Å²) in [5, 5.41) is 10.1. The Morgan fingerprint density at radius 3 is 1.71 bits per heavy atom. The lowest BCUT2D eigenvalue weighted by molar-refractivity contribution is 0.0210. The number of rotatable bonds is 4. The van der Waals surface area contributed by atoms with Gasteiger partial charge in [-0.25, -0.2) is 24.7 Å². The first kappa shape index (κ1) is 30.6. The Morgan fingerprint density at radius 2 is 1.29 bits per heavy atom. The van der Waals surface area contributed by atoms with Gasteiger partial charge in [-0.15, -0.1) is 24.8 Å². The predicted molar refractivity (Wildman–Crippen MR) is 143 cm³/mol. The van der Waals surface area contributed by atoms with Crippen LogP contribution in [0.3, 0.4) is 0 Å². The highest BCUT2D eigenvalue weighted by molar-refractivity contribution is 5.85. The second-order valence-corrected chi connectivity index (χ2v) is 9.31. The maximum absolute atomic E-state index is 11.9. The number of ether oxygens (including phenoxy) is 1. The minimum atomic E-state index is -0.437. The van der Waals surface area contributed by atoms with Gasteiger partial charge in [0.25, 0.3) is 0 Å². The van der Waals surface area contributed by atoms with Crippen molar-refractivity contribution in [2.24, 2.45) is 0 Å². The monoisotopic (exact) mass is 528 g/mol. The minimum absolute atomic E-state index is 0. The number of anilines is 2. The molecule has 2 aliphatic heterocycles. The van der Waals surface area contributed by atoms with Crippen molar-refractivity contribution >= 4 is 42.3 Å². The molecule has 3 N–H and O–H groups in total. The topological polar surface area (TPSA) is 117 Å². The van der Waals surface area contributed by atoms with Gasteiger partial charge >= 0.3 is 6.09 Å². The van der Waals surface area contributed by atoms with Gasteiger partial charge in [0.05, 0.1) is 36.2 Å². The van der Waals surface area contributed by atoms with Crippen molar-refractivity contribution in [3.8, 4) is 0 Å². The molecular formula is C23H38Cl2N8O2. The molecule has 12 heteroatoms. The zero-order valence-corrected chi connectivity index (χ0v) is 22.3. The first-order chi connectivity index (χ1) is 15.9. The van der Waals surface area contributed by atoms with Gasteiger partial charge in [0.1, 0.15) is 18.3 Å². The van der Waals surface area contributed by atoms with Gasteiger partial charge in [0, 0.05) is 25.2 Å². The Labute approximate surface area is 220 Å². The smallest absolute Gasteiger partial charge is 0.410 e. The van der Waals surface area contributed by atoms with Crippen molar-refractivity contribution in [2.75, 3.05) is 36.8 Å². The number of likely N-dealkylation sites (tertiary alicyclic amines) is 1. The van der Waals surface area contributed by atoms with Crippen LogP contribution < -0.4 is 16.0 Å². The number of piperidine rings is 2. The number of hydrogen-bond acceptors (Lipinski definition) is 9. The van der Waals surface area contributed by atoms with E-state index in [4.69, 9.17) is 4.74 Å². The van der Waals surface area contributed by atoms with E-state index in [1.54, 1.807) is 23.6 Å². The number of amides is 1. The van der Waals surface area contributed by atoms with Crippen molar-refractivity contribution in [3.63, 3.8) is 0 Å². The van der Waals surface area contributed by atoms with Gasteiger partial charge in [-0.2, -0.15) is 0 Å². The van der Waals surface area contributed by atoms with Crippen LogP contribution in [0.1, 0.15) is 46.5 Å². The van der Waals surface area contributed by atoms with Crippen molar-refractivity contribution in [3.05, 3.63) is 37.4 Å². The maximum atomic E-state index is 11.9. The fraction of sp³-hybridized carbons (Fsp3) is 0.609. The molecule has 0 aliphatic carbocycles. The van der Waals surface area contributed by atoms with E-state index in [0.29, 0.717) is 25.2 Å². The molecule has 2 aromatic rings. The van der Waals surface area contributed by atoms with Gasteiger partial charge in [-0.05, 0) is 59.5 Å². The molecule has 196 valence electrons. The Morgan fingerprint density at radius 1 is 0.857 bits per heavy atom. The first-order valence-corrected chi connectivity index (χ1v) is 11.6. The lowest BCUT2D eigenvalue weighted by Gasteiger charge is -2.34. The van der Waals surface area contributed by atoms with Gasteiger partial charge in [0.2, 0.25) is 0 Å². The summed E-state index contributed by atoms with van der Waals surface area (Å²) in [4.78, 5) is 29.6. The van der Waals surface area contributed by atoms with E-state index >= 15 is 0 Å². The third kappa shape index (κ3) is 11.7. The van der Waals surface area contributed by atoms with Crippen molar-refractivity contribution in [1.29, 1.82) is 0 Å². The van der Waals surface area contributed by atoms with Crippen LogP contribution in [-0.4, -0.2) is 74.8 Å². The van der Waals surface area contributed by atoms with Gasteiger partial charge in [0.15, 0.2) is 0 Å². The summed E-state index contributed by atoms with van der Waals surface area (Å²) >= 11 is 0. The average Bonchev–Trinajstić information content (AvgIpc) is 2.81. The van der Waals surface area contributed by atoms with E-state index in [-0.39, 0.29) is 30.9 Å². The summed E-state index contributed by atoms with van der Waals surface area (Å²) in [6.45, 7) is 9.27. The van der Waals surface area contributed by atoms with E-state index in [9.17, 15) is 4.79 Å². The van der Waals surface area contributed by atoms with Gasteiger partial charge in [-0.1, -0.05) is 0 Å². The van der Waals surface area contributed by atoms with Crippen LogP contribution >= 0.6 is 24.8 Å². The van der Waals surface area contributed by atoms with E-state index < -0.39 is 5.60 Å². The van der Waals surface area contributed by atoms with E-state index in [1.807, 2.05) is 33.2 Å². The van der Waals surface area contributed by atoms with Crippen LogP contribution in [0.25, 0.3) is 0 Å². The molecule has 0 unspecified atom stereocenters. The Balaban J connectivity index is 0.000000356. The predicted octanol–water partition coefficient (Wildman–Crippen LogP) is 3.77. The molecule has 35 heavy (non-hydrogen) atoms. The third-order valence-corrected chi connectivity index (χ3v) is 5.35. The zero-order valence-electron chi connectivity index (χ0n) is 20.6. The van der Waals surface area contributed by atoms with Crippen LogP contribution in [0.4, 0.5) is 16.2 Å². The summed E-state index contributed by atoms with van der Waals surface area (Å²) in [7, 11) is 0. The van der Waals surface area contributed by atoms with E-state index in [2.05, 4.69) is 35.9 Å². The maximum Gasteiger partial charge on any atom is 0.410 e. The number of carbonyl (C=O) groups excluding carboxylic acids is 1. The quantitative estimate of drug-likeness (QED) is 0.544. The molecule has 0 aromatic carbocycles. The molecule has 4 rings (SSSR count). The Kier molecular flexibility index (Phi) is 13.6. The fourth-order valence-electron chi connectivity index (χ4n) is 3.72. The van der Waals surface area contributed by atoms with Crippen LogP contribution in [-0.2, 0) is 4.74 Å². The first-order valence-electron chi connectivity index (χ1n) is 11.6. The molecule has 10 nitrogen and oxygen atoms in total. The average molecular weight is 530 g/mol. The number of halogens is 2. The molecule has 2 aromatic heterocycles. The Bertz CT molecular complexity index is 828. The number of aromatic nitrogens is 4. The highest BCUT2D eigenvalue weighted by Gasteiger charge is 2.26. The summed E-state index contributed by atoms with van der Waals surface area (Å²) in [5.41, 5.74) is 1.51. The molecular weight excluding hydrogens is 491 g/mol. The zero-order chi connectivity index (χ0) is 23.5. The number of nitrogens with zero attached hydrogens (tertiary/aromatic N) is 5. The summed E-state index contributed by atoms with van der Waals surface area (Å²) < 4.78 is 5.38. The molecule has 2 fully saturated rings. The molecule has 0 atom stereocenters. The van der Waals surface area contributed by atoms with Crippen LogP contribution in [0.2, 0.25) is 0 Å². The molecule has 0 spiro atoms. The molecule has 2 aliphatic rings. The number of carbonyl (C=O) groups is 1. The van der Waals surface area contributed by atoms with Gasteiger partial charge < -0.3 is 25.6 Å². The normalized spacial score (nSPS) is 16.5. The number of nitrogens with one attached hydrogen (secondary N) is 3. The lowest BCUT2D eigenvalue weighted by atomic mass is 10.1. The SMILES string of the molecule is CC(C)(C)OC(=O)N1CCC(Nc2cncnc2)CC1.Cl.Cl.c1ncc(NC2CCNCC2)cn1. The minimum Gasteiger partial charge on any atom is -0.444 e. The molecule has 4 heterocycles. The molecule has 0 radical (unpaired) electrons. The standard InChI is InChI=1S/C14H22N4O2.C9H14N4.2ClH/c1-14(2,3)20-13(19)18-6-4-11(5-7-18)17-12-8-15-10-16-9-12;1-3-10-4-2-8(1)13-9-5-11-7-12-6-9;;/h8-11,17H,4-7H2,1-3H3;5-8,10,13H,1-4H2;2*1H. The Hall–Kier alpha value is -2.43. The summed E-state index contributed by atoms with van der Waals surface area (Å²) in [6, 6.07) is 0.923. The molecule has 0 saturated carbocycles. The molecule has 1 amide bonds. The molecule has 0 bridgehead atoms. The van der Waals surface area contributed by atoms with E-state index in [1.165, 1.54) is 19.2 Å². The van der Waals surface area contributed by atoms with Crippen LogP contribution in [0.15, 0.2) is 37.4 Å². The summed E-state index contributed by atoms with van der Waals surface area (Å²) in [6.07, 6.45) is 14.1. The lowest BCUT2D eigenvalue weighted by Crippen LogP contribution is -2.44. The highest BCUT2D eigenvalue weighted by Crippen LogP contribution is 2.18. The van der Waals surface area contributed by atoms with Crippen molar-refractivity contribution in [2.45, 2.75) is 64.1 Å². The highest BCUT2D eigenvalue weighted by atomic mass is 35.5. The second kappa shape index (κ2) is 15.5. The van der Waals surface area contributed by atoms with Crippen molar-refractivity contribution < 1.29 is 9.53 Å². The number of hydrogen-bond donors (Lipinski definition) is 3.